The second-order valence-corrected chi connectivity index (χ2v) is 6.78. The van der Waals surface area contributed by atoms with Crippen LogP contribution in [0.3, 0.4) is 0 Å². The van der Waals surface area contributed by atoms with Crippen LogP contribution in [0, 0.1) is 3.57 Å². The lowest BCUT2D eigenvalue weighted by molar-refractivity contribution is 0.0695. The number of aliphatic hydroxyl groups excluding tert-OH is 1. The summed E-state index contributed by atoms with van der Waals surface area (Å²) < 4.78 is 31.6. The number of aliphatic hydroxyl groups is 1. The van der Waals surface area contributed by atoms with E-state index in [2.05, 4.69) is 4.72 Å². The lowest BCUT2D eigenvalue weighted by atomic mass is 10.2. The Bertz CT molecular complexity index is 589. The molecule has 0 heterocycles. The number of hydrogen-bond acceptors (Lipinski definition) is 5. The van der Waals surface area contributed by atoms with Crippen molar-refractivity contribution in [3.8, 4) is 0 Å². The quantitative estimate of drug-likeness (QED) is 0.552. The number of carboxylic acid groups (broad SMARTS) is 1. The van der Waals surface area contributed by atoms with Gasteiger partial charge < -0.3 is 14.9 Å². The Morgan fingerprint density at radius 1 is 1.50 bits per heavy atom. The number of aromatic carboxylic acids is 1. The molecule has 1 atom stereocenters. The van der Waals surface area contributed by atoms with Gasteiger partial charge in [-0.1, -0.05) is 0 Å². The van der Waals surface area contributed by atoms with Crippen LogP contribution in [-0.4, -0.2) is 51.0 Å². The van der Waals surface area contributed by atoms with Gasteiger partial charge in [-0.3, -0.25) is 0 Å². The lowest BCUT2D eigenvalue weighted by Crippen LogP contribution is -2.40. The minimum atomic E-state index is -3.92. The molecule has 0 spiro atoms. The maximum absolute atomic E-state index is 12.1. The van der Waals surface area contributed by atoms with Gasteiger partial charge in [0.1, 0.15) is 0 Å². The van der Waals surface area contributed by atoms with Crippen molar-refractivity contribution in [2.24, 2.45) is 0 Å². The molecule has 0 aliphatic heterocycles. The summed E-state index contributed by atoms with van der Waals surface area (Å²) in [7, 11) is -2.54. The standard InChI is InChI=1S/C11H14INO6S/c1-19-6-7(5-14)13-20(17,18)8-2-3-10(12)9(4-8)11(15)16/h2-4,7,13-14H,5-6H2,1H3,(H,15,16). The zero-order valence-corrected chi connectivity index (χ0v) is 13.5. The van der Waals surface area contributed by atoms with E-state index >= 15 is 0 Å². The van der Waals surface area contributed by atoms with E-state index in [0.717, 1.165) is 6.07 Å². The Hall–Kier alpha value is -0.750. The summed E-state index contributed by atoms with van der Waals surface area (Å²) in [5, 5.41) is 18.0. The number of sulfonamides is 1. The SMILES string of the molecule is COCC(CO)NS(=O)(=O)c1ccc(I)c(C(=O)O)c1. The molecule has 0 bridgehead atoms. The van der Waals surface area contributed by atoms with E-state index in [1.54, 1.807) is 0 Å². The smallest absolute Gasteiger partial charge is 0.336 e. The molecular formula is C11H14INO6S. The molecule has 0 saturated heterocycles. The lowest BCUT2D eigenvalue weighted by Gasteiger charge is -2.15. The van der Waals surface area contributed by atoms with E-state index in [4.69, 9.17) is 14.9 Å². The molecule has 3 N–H and O–H groups in total. The van der Waals surface area contributed by atoms with Crippen molar-refractivity contribution < 1.29 is 28.2 Å². The highest BCUT2D eigenvalue weighted by atomic mass is 127. The Kier molecular flexibility index (Phi) is 6.33. The molecule has 1 rings (SSSR count). The Morgan fingerprint density at radius 3 is 2.65 bits per heavy atom. The number of carbonyl (C=O) groups is 1. The van der Waals surface area contributed by atoms with Gasteiger partial charge in [0.25, 0.3) is 0 Å². The second-order valence-electron chi connectivity index (χ2n) is 3.90. The van der Waals surface area contributed by atoms with Crippen LogP contribution in [0.5, 0.6) is 0 Å². The zero-order valence-electron chi connectivity index (χ0n) is 10.5. The van der Waals surface area contributed by atoms with Gasteiger partial charge in [-0.15, -0.1) is 0 Å². The van der Waals surface area contributed by atoms with E-state index < -0.39 is 28.6 Å². The van der Waals surface area contributed by atoms with E-state index in [1.165, 1.54) is 19.2 Å². The Morgan fingerprint density at radius 2 is 2.15 bits per heavy atom. The number of benzene rings is 1. The topological polar surface area (TPSA) is 113 Å². The normalized spacial score (nSPS) is 13.2. The van der Waals surface area contributed by atoms with E-state index in [1.807, 2.05) is 22.6 Å². The van der Waals surface area contributed by atoms with E-state index in [-0.39, 0.29) is 17.1 Å². The highest BCUT2D eigenvalue weighted by Gasteiger charge is 2.21. The van der Waals surface area contributed by atoms with Crippen molar-refractivity contribution in [2.45, 2.75) is 10.9 Å². The van der Waals surface area contributed by atoms with Crippen molar-refractivity contribution >= 4 is 38.6 Å². The average Bonchev–Trinajstić information content (AvgIpc) is 2.37. The van der Waals surface area contributed by atoms with E-state index in [9.17, 15) is 13.2 Å². The van der Waals surface area contributed by atoms with Crippen molar-refractivity contribution in [3.05, 3.63) is 27.3 Å². The average molecular weight is 415 g/mol. The predicted molar refractivity (Wildman–Crippen MR) is 79.2 cm³/mol. The van der Waals surface area contributed by atoms with Crippen molar-refractivity contribution in [1.29, 1.82) is 0 Å². The van der Waals surface area contributed by atoms with Crippen molar-refractivity contribution in [3.63, 3.8) is 0 Å². The number of carboxylic acids is 1. The highest BCUT2D eigenvalue weighted by molar-refractivity contribution is 14.1. The predicted octanol–water partition coefficient (Wildman–Crippen LogP) is 0.275. The fraction of sp³-hybridized carbons (Fsp3) is 0.364. The third-order valence-corrected chi connectivity index (χ3v) is 4.85. The molecular weight excluding hydrogens is 401 g/mol. The first-order valence-electron chi connectivity index (χ1n) is 5.46. The summed E-state index contributed by atoms with van der Waals surface area (Å²) in [6, 6.07) is 2.99. The molecule has 0 aromatic heterocycles. The minimum absolute atomic E-state index is 0.00584. The maximum Gasteiger partial charge on any atom is 0.336 e. The molecule has 7 nitrogen and oxygen atoms in total. The molecule has 0 fully saturated rings. The zero-order chi connectivity index (χ0) is 15.3. The molecule has 0 radical (unpaired) electrons. The van der Waals surface area contributed by atoms with Gasteiger partial charge in [0.15, 0.2) is 0 Å². The number of halogens is 1. The summed E-state index contributed by atoms with van der Waals surface area (Å²) in [6.07, 6.45) is 0. The molecule has 20 heavy (non-hydrogen) atoms. The van der Waals surface area contributed by atoms with Crippen LogP contribution >= 0.6 is 22.6 Å². The summed E-state index contributed by atoms with van der Waals surface area (Å²) >= 11 is 1.81. The van der Waals surface area contributed by atoms with Crippen LogP contribution in [0.1, 0.15) is 10.4 Å². The van der Waals surface area contributed by atoms with Gasteiger partial charge >= 0.3 is 5.97 Å². The molecule has 0 aliphatic rings. The number of rotatable bonds is 7. The summed E-state index contributed by atoms with van der Waals surface area (Å²) in [5.41, 5.74) is -0.0965. The fourth-order valence-electron chi connectivity index (χ4n) is 1.45. The minimum Gasteiger partial charge on any atom is -0.478 e. The molecule has 1 aromatic carbocycles. The number of hydrogen-bond donors (Lipinski definition) is 3. The maximum atomic E-state index is 12.1. The van der Waals surface area contributed by atoms with Crippen molar-refractivity contribution in [1.82, 2.24) is 4.72 Å². The fourth-order valence-corrected chi connectivity index (χ4v) is 3.25. The van der Waals surface area contributed by atoms with Crippen molar-refractivity contribution in [2.75, 3.05) is 20.3 Å². The second kappa shape index (κ2) is 7.31. The summed E-state index contributed by atoms with van der Waals surface area (Å²) in [4.78, 5) is 10.8. The molecule has 0 saturated carbocycles. The molecule has 9 heteroatoms. The first-order valence-corrected chi connectivity index (χ1v) is 8.03. The van der Waals surface area contributed by atoms with Crippen LogP contribution in [0.15, 0.2) is 23.1 Å². The van der Waals surface area contributed by atoms with Crippen LogP contribution in [-0.2, 0) is 14.8 Å². The van der Waals surface area contributed by atoms with Gasteiger partial charge in [-0.25, -0.2) is 17.9 Å². The first kappa shape index (κ1) is 17.3. The van der Waals surface area contributed by atoms with Gasteiger partial charge in [0.05, 0.1) is 29.7 Å². The highest BCUT2D eigenvalue weighted by Crippen LogP contribution is 2.18. The number of methoxy groups -OCH3 is 1. The van der Waals surface area contributed by atoms with Crippen LogP contribution < -0.4 is 4.72 Å². The van der Waals surface area contributed by atoms with Gasteiger partial charge in [0, 0.05) is 10.7 Å². The van der Waals surface area contributed by atoms with Gasteiger partial charge in [0.2, 0.25) is 10.0 Å². The first-order chi connectivity index (χ1) is 9.31. The molecule has 1 aromatic rings. The molecule has 0 aliphatic carbocycles. The summed E-state index contributed by atoms with van der Waals surface area (Å²) in [5.74, 6) is -1.21. The summed E-state index contributed by atoms with van der Waals surface area (Å²) in [6.45, 7) is -0.422. The number of nitrogens with one attached hydrogen (secondary N) is 1. The van der Waals surface area contributed by atoms with Crippen LogP contribution in [0.2, 0.25) is 0 Å². The molecule has 112 valence electrons. The third kappa shape index (κ3) is 4.38. The Labute approximate surface area is 130 Å². The Balaban J connectivity index is 3.09. The molecule has 0 amide bonds. The number of ether oxygens (including phenoxy) is 1. The van der Waals surface area contributed by atoms with E-state index in [0.29, 0.717) is 3.57 Å². The molecule has 1 unspecified atom stereocenters. The third-order valence-electron chi connectivity index (χ3n) is 2.39. The van der Waals surface area contributed by atoms with Gasteiger partial charge in [-0.05, 0) is 40.8 Å². The van der Waals surface area contributed by atoms with Crippen LogP contribution in [0.25, 0.3) is 0 Å². The monoisotopic (exact) mass is 415 g/mol. The van der Waals surface area contributed by atoms with Gasteiger partial charge in [-0.2, -0.15) is 0 Å². The van der Waals surface area contributed by atoms with Crippen LogP contribution in [0.4, 0.5) is 0 Å². The largest absolute Gasteiger partial charge is 0.478 e.